The molecule has 0 radical (unpaired) electrons. The summed E-state index contributed by atoms with van der Waals surface area (Å²) in [5, 5.41) is 2.88. The van der Waals surface area contributed by atoms with Gasteiger partial charge in [0.15, 0.2) is 5.84 Å². The quantitative estimate of drug-likeness (QED) is 0.617. The van der Waals surface area contributed by atoms with E-state index in [9.17, 15) is 4.57 Å². The predicted octanol–water partition coefficient (Wildman–Crippen LogP) is 3.25. The van der Waals surface area contributed by atoms with Crippen LogP contribution < -0.4 is 5.32 Å². The van der Waals surface area contributed by atoms with Gasteiger partial charge in [0, 0.05) is 18.7 Å². The van der Waals surface area contributed by atoms with Crippen molar-refractivity contribution in [2.75, 3.05) is 26.3 Å². The van der Waals surface area contributed by atoms with Crippen molar-refractivity contribution in [3.63, 3.8) is 0 Å². The van der Waals surface area contributed by atoms with Crippen LogP contribution in [-0.2, 0) is 9.30 Å². The zero-order valence-electron chi connectivity index (χ0n) is 12.0. The van der Waals surface area contributed by atoms with Gasteiger partial charge < -0.3 is 10.1 Å². The molecule has 23 heavy (non-hydrogen) atoms. The van der Waals surface area contributed by atoms with Crippen LogP contribution in [0, 0.1) is 0 Å². The summed E-state index contributed by atoms with van der Waals surface area (Å²) in [5.74, 6) is 0.378. The van der Waals surface area contributed by atoms with Crippen molar-refractivity contribution in [2.45, 2.75) is 3.79 Å². The second-order valence-corrected chi connectivity index (χ2v) is 9.24. The fourth-order valence-corrected chi connectivity index (χ4v) is 4.55. The first-order valence-electron chi connectivity index (χ1n) is 6.92. The number of rotatable bonds is 2. The first kappa shape index (κ1) is 17.2. The molecule has 10 heteroatoms. The minimum atomic E-state index is -3.45. The van der Waals surface area contributed by atoms with Crippen LogP contribution in [0.2, 0.25) is 0 Å². The van der Waals surface area contributed by atoms with Gasteiger partial charge in [0.2, 0.25) is 3.79 Å². The topological polar surface area (TPSA) is 66.3 Å². The third-order valence-electron chi connectivity index (χ3n) is 3.37. The number of ether oxygens (including phenoxy) is 1. The van der Waals surface area contributed by atoms with Gasteiger partial charge in [0.05, 0.1) is 13.2 Å². The number of halogens is 3. The molecule has 1 unspecified atom stereocenters. The molecule has 0 bridgehead atoms. The number of nitrogens with one attached hydrogen (secondary N) is 1. The first-order chi connectivity index (χ1) is 10.9. The lowest BCUT2D eigenvalue weighted by molar-refractivity contribution is 0.0720. The summed E-state index contributed by atoms with van der Waals surface area (Å²) < 4.78 is 26.9. The van der Waals surface area contributed by atoms with Gasteiger partial charge in [-0.15, -0.1) is 0 Å². The van der Waals surface area contributed by atoms with E-state index in [2.05, 4.69) is 14.8 Å². The lowest BCUT2D eigenvalue weighted by Crippen LogP contribution is -2.43. The fourth-order valence-electron chi connectivity index (χ4n) is 2.24. The van der Waals surface area contributed by atoms with Crippen LogP contribution in [0.5, 0.6) is 0 Å². The third kappa shape index (κ3) is 3.90. The van der Waals surface area contributed by atoms with Crippen molar-refractivity contribution in [2.24, 2.45) is 9.53 Å². The minimum absolute atomic E-state index is 0.00572. The summed E-state index contributed by atoms with van der Waals surface area (Å²) in [5.41, 5.74) is 0.739. The highest BCUT2D eigenvalue weighted by molar-refractivity contribution is 7.59. The molecule has 0 spiro atoms. The van der Waals surface area contributed by atoms with E-state index in [4.69, 9.17) is 39.5 Å². The number of hydrogen-bond donors (Lipinski definition) is 1. The molecule has 0 aromatic heterocycles. The highest BCUT2D eigenvalue weighted by atomic mass is 35.6. The molecule has 0 amide bonds. The Labute approximate surface area is 149 Å². The summed E-state index contributed by atoms with van der Waals surface area (Å²) in [6.07, 6.45) is 0. The SMILES string of the molecule is O=P1(N2CCOCC2)N=C(c2ccccc2)NC(C(Cl)(Cl)Cl)=N1. The smallest absolute Gasteiger partial charge is 0.376 e. The van der Waals surface area contributed by atoms with Gasteiger partial charge in [-0.05, 0) is 0 Å². The van der Waals surface area contributed by atoms with Gasteiger partial charge in [-0.2, -0.15) is 9.53 Å². The Hall–Kier alpha value is -0.620. The Morgan fingerprint density at radius 1 is 1.13 bits per heavy atom. The van der Waals surface area contributed by atoms with E-state index in [1.54, 1.807) is 4.67 Å². The van der Waals surface area contributed by atoms with E-state index in [0.717, 1.165) is 5.56 Å². The van der Waals surface area contributed by atoms with Gasteiger partial charge in [0.1, 0.15) is 5.84 Å². The van der Waals surface area contributed by atoms with Gasteiger partial charge in [0.25, 0.3) is 0 Å². The molecule has 1 aromatic rings. The number of nitrogens with zero attached hydrogens (tertiary/aromatic N) is 3. The van der Waals surface area contributed by atoms with Gasteiger partial charge in [-0.25, -0.2) is 4.67 Å². The molecule has 2 heterocycles. The monoisotopic (exact) mass is 394 g/mol. The molecule has 1 N–H and O–H groups in total. The summed E-state index contributed by atoms with van der Waals surface area (Å²) in [7, 11) is -3.45. The Kier molecular flexibility index (Phi) is 5.02. The molecule has 124 valence electrons. The average molecular weight is 396 g/mol. The maximum Gasteiger partial charge on any atom is 0.376 e. The van der Waals surface area contributed by atoms with Gasteiger partial charge >= 0.3 is 7.59 Å². The molecule has 2 aliphatic rings. The molecule has 1 atom stereocenters. The second-order valence-electron chi connectivity index (χ2n) is 4.97. The van der Waals surface area contributed by atoms with Crippen molar-refractivity contribution in [3.05, 3.63) is 35.9 Å². The molecule has 2 aliphatic heterocycles. The number of morpholine rings is 1. The molecule has 6 nitrogen and oxygen atoms in total. The van der Waals surface area contributed by atoms with Crippen molar-refractivity contribution < 1.29 is 9.30 Å². The zero-order chi connectivity index (χ0) is 16.5. The predicted molar refractivity (Wildman–Crippen MR) is 93.8 cm³/mol. The number of hydrogen-bond acceptors (Lipinski definition) is 3. The molecule has 3 rings (SSSR count). The van der Waals surface area contributed by atoms with E-state index in [1.807, 2.05) is 30.3 Å². The lowest BCUT2D eigenvalue weighted by atomic mass is 10.2. The standard InChI is InChI=1S/C13H14Cl3N4O2P/c14-13(15,16)12-17-11(10-4-2-1-3-5-10)18-23(21,19-12)20-6-8-22-9-7-20/h1-5H,6-9H2,(H,17,18,19,21). The van der Waals surface area contributed by atoms with E-state index in [1.165, 1.54) is 0 Å². The highest BCUT2D eigenvalue weighted by Gasteiger charge is 2.40. The van der Waals surface area contributed by atoms with Crippen LogP contribution in [0.25, 0.3) is 0 Å². The molecule has 0 saturated carbocycles. The summed E-state index contributed by atoms with van der Waals surface area (Å²) in [6, 6.07) is 9.23. The summed E-state index contributed by atoms with van der Waals surface area (Å²) in [4.78, 5) is 0. The molecule has 1 fully saturated rings. The van der Waals surface area contributed by atoms with E-state index >= 15 is 0 Å². The molecular weight excluding hydrogens is 382 g/mol. The molecular formula is C13H14Cl3N4O2P. The minimum Gasteiger partial charge on any atom is -0.379 e. The highest BCUT2D eigenvalue weighted by Crippen LogP contribution is 2.55. The number of benzene rings is 1. The molecule has 1 saturated heterocycles. The number of amidine groups is 2. The third-order valence-corrected chi connectivity index (χ3v) is 5.96. The van der Waals surface area contributed by atoms with Crippen molar-refractivity contribution in [3.8, 4) is 0 Å². The first-order valence-corrected chi connectivity index (χ1v) is 9.62. The van der Waals surface area contributed by atoms with Crippen molar-refractivity contribution >= 4 is 54.1 Å². The maximum atomic E-state index is 13.3. The van der Waals surface area contributed by atoms with Crippen LogP contribution in [-0.4, -0.2) is 46.4 Å². The fraction of sp³-hybridized carbons (Fsp3) is 0.385. The summed E-state index contributed by atoms with van der Waals surface area (Å²) >= 11 is 17.8. The largest absolute Gasteiger partial charge is 0.379 e. The van der Waals surface area contributed by atoms with E-state index in [-0.39, 0.29) is 5.84 Å². The van der Waals surface area contributed by atoms with Crippen LogP contribution in [0.4, 0.5) is 0 Å². The van der Waals surface area contributed by atoms with Crippen molar-refractivity contribution in [1.82, 2.24) is 9.99 Å². The van der Waals surface area contributed by atoms with Crippen molar-refractivity contribution in [1.29, 1.82) is 0 Å². The second kappa shape index (κ2) is 6.71. The maximum absolute atomic E-state index is 13.3. The van der Waals surface area contributed by atoms with Gasteiger partial charge in [-0.1, -0.05) is 65.1 Å². The van der Waals surface area contributed by atoms with Gasteiger partial charge in [-0.3, -0.25) is 4.57 Å². The van der Waals surface area contributed by atoms with Crippen LogP contribution >= 0.6 is 42.4 Å². The Morgan fingerprint density at radius 2 is 1.78 bits per heavy atom. The Morgan fingerprint density at radius 3 is 2.39 bits per heavy atom. The lowest BCUT2D eigenvalue weighted by Gasteiger charge is -2.33. The average Bonchev–Trinajstić information content (AvgIpc) is 2.55. The van der Waals surface area contributed by atoms with E-state index < -0.39 is 11.4 Å². The molecule has 1 aromatic carbocycles. The Balaban J connectivity index is 2.03. The van der Waals surface area contributed by atoms with Crippen LogP contribution in [0.1, 0.15) is 5.56 Å². The van der Waals surface area contributed by atoms with Crippen LogP contribution in [0.15, 0.2) is 39.9 Å². The van der Waals surface area contributed by atoms with E-state index in [0.29, 0.717) is 32.1 Å². The Bertz CT molecular complexity index is 684. The van der Waals surface area contributed by atoms with Crippen LogP contribution in [0.3, 0.4) is 0 Å². The number of alkyl halides is 3. The molecule has 0 aliphatic carbocycles. The normalized spacial score (nSPS) is 26.2. The summed E-state index contributed by atoms with van der Waals surface area (Å²) in [6.45, 7) is 1.84. The zero-order valence-corrected chi connectivity index (χ0v) is 15.1.